The van der Waals surface area contributed by atoms with Crippen LogP contribution in [-0.4, -0.2) is 11.8 Å². The molecule has 0 aliphatic heterocycles. The average molecular weight is 383 g/mol. The molecule has 26 heavy (non-hydrogen) atoms. The second-order valence-corrected chi connectivity index (χ2v) is 5.76. The van der Waals surface area contributed by atoms with E-state index in [1.54, 1.807) is 12.1 Å². The van der Waals surface area contributed by atoms with Crippen molar-refractivity contribution in [1.82, 2.24) is 5.32 Å². The summed E-state index contributed by atoms with van der Waals surface area (Å²) in [5.74, 6) is -1.03. The van der Waals surface area contributed by atoms with Gasteiger partial charge < -0.3 is 11.1 Å². The summed E-state index contributed by atoms with van der Waals surface area (Å²) >= 11 is 5.54. The van der Waals surface area contributed by atoms with Crippen molar-refractivity contribution in [2.75, 3.05) is 0 Å². The van der Waals surface area contributed by atoms with Crippen LogP contribution in [-0.2, 0) is 17.5 Å². The maximum Gasteiger partial charge on any atom is 0.417 e. The molecule has 2 aromatic rings. The minimum atomic E-state index is -4.57. The van der Waals surface area contributed by atoms with E-state index in [-0.39, 0.29) is 12.1 Å². The zero-order valence-corrected chi connectivity index (χ0v) is 14.1. The highest BCUT2D eigenvalue weighted by Crippen LogP contribution is 2.35. The van der Waals surface area contributed by atoms with E-state index in [1.807, 2.05) is 0 Å². The zero-order valence-electron chi connectivity index (χ0n) is 13.3. The molecular formula is C18H14ClF3N2O2. The van der Waals surface area contributed by atoms with E-state index in [9.17, 15) is 22.8 Å². The van der Waals surface area contributed by atoms with Gasteiger partial charge in [-0.25, -0.2) is 0 Å². The fourth-order valence-electron chi connectivity index (χ4n) is 2.07. The van der Waals surface area contributed by atoms with Crippen LogP contribution >= 0.6 is 11.6 Å². The van der Waals surface area contributed by atoms with Crippen LogP contribution in [0.2, 0.25) is 5.02 Å². The van der Waals surface area contributed by atoms with Gasteiger partial charge in [0.1, 0.15) is 0 Å². The van der Waals surface area contributed by atoms with Gasteiger partial charge in [-0.1, -0.05) is 29.8 Å². The van der Waals surface area contributed by atoms with E-state index >= 15 is 0 Å². The van der Waals surface area contributed by atoms with Crippen molar-refractivity contribution in [3.05, 3.63) is 75.8 Å². The van der Waals surface area contributed by atoms with Crippen molar-refractivity contribution in [3.8, 4) is 0 Å². The van der Waals surface area contributed by atoms with Crippen LogP contribution in [0.1, 0.15) is 27.0 Å². The Morgan fingerprint density at radius 1 is 1.12 bits per heavy atom. The SMILES string of the molecule is NC(=O)c1ccc(CNC(=O)/C=C/c2ccc(Cl)c(C(F)(F)F)c2)cc1. The third kappa shape index (κ3) is 5.35. The quantitative estimate of drug-likeness (QED) is 0.772. The lowest BCUT2D eigenvalue weighted by Gasteiger charge is -2.09. The molecule has 2 amide bonds. The molecule has 0 aliphatic rings. The Hall–Kier alpha value is -2.80. The fourth-order valence-corrected chi connectivity index (χ4v) is 2.30. The summed E-state index contributed by atoms with van der Waals surface area (Å²) in [4.78, 5) is 22.8. The molecule has 0 radical (unpaired) electrons. The second kappa shape index (κ2) is 8.05. The van der Waals surface area contributed by atoms with Gasteiger partial charge in [0.2, 0.25) is 11.8 Å². The van der Waals surface area contributed by atoms with Crippen molar-refractivity contribution < 1.29 is 22.8 Å². The maximum atomic E-state index is 12.8. The van der Waals surface area contributed by atoms with Crippen LogP contribution in [0.3, 0.4) is 0 Å². The predicted octanol–water partition coefficient (Wildman–Crippen LogP) is 3.79. The molecule has 3 N–H and O–H groups in total. The molecule has 2 aromatic carbocycles. The third-order valence-electron chi connectivity index (χ3n) is 3.43. The van der Waals surface area contributed by atoms with Crippen molar-refractivity contribution >= 4 is 29.5 Å². The minimum absolute atomic E-state index is 0.191. The Morgan fingerprint density at radius 2 is 1.77 bits per heavy atom. The number of benzene rings is 2. The molecule has 0 heterocycles. The van der Waals surface area contributed by atoms with E-state index in [2.05, 4.69) is 5.32 Å². The molecular weight excluding hydrogens is 369 g/mol. The summed E-state index contributed by atoms with van der Waals surface area (Å²) in [6.07, 6.45) is -2.18. The third-order valence-corrected chi connectivity index (χ3v) is 3.76. The van der Waals surface area contributed by atoms with Gasteiger partial charge in [-0.3, -0.25) is 9.59 Å². The molecule has 4 nitrogen and oxygen atoms in total. The number of primary amides is 1. The van der Waals surface area contributed by atoms with Crippen LogP contribution in [0.25, 0.3) is 6.08 Å². The molecule has 0 fully saturated rings. The largest absolute Gasteiger partial charge is 0.417 e. The summed E-state index contributed by atoms with van der Waals surface area (Å²) in [5, 5.41) is 2.18. The number of carbonyl (C=O) groups is 2. The molecule has 0 unspecified atom stereocenters. The Morgan fingerprint density at radius 3 is 2.35 bits per heavy atom. The Kier molecular flexibility index (Phi) is 6.05. The lowest BCUT2D eigenvalue weighted by Crippen LogP contribution is -2.20. The molecule has 0 aromatic heterocycles. The summed E-state index contributed by atoms with van der Waals surface area (Å²) in [6, 6.07) is 9.72. The first-order valence-corrected chi connectivity index (χ1v) is 7.76. The molecule has 0 saturated carbocycles. The van der Waals surface area contributed by atoms with Crippen molar-refractivity contribution in [2.24, 2.45) is 5.73 Å². The van der Waals surface area contributed by atoms with Gasteiger partial charge >= 0.3 is 6.18 Å². The number of halogens is 4. The lowest BCUT2D eigenvalue weighted by atomic mass is 10.1. The van der Waals surface area contributed by atoms with E-state index < -0.39 is 28.6 Å². The number of hydrogen-bond donors (Lipinski definition) is 2. The number of carbonyl (C=O) groups excluding carboxylic acids is 2. The highest BCUT2D eigenvalue weighted by molar-refractivity contribution is 6.31. The van der Waals surface area contributed by atoms with Gasteiger partial charge in [-0.2, -0.15) is 13.2 Å². The fraction of sp³-hybridized carbons (Fsp3) is 0.111. The van der Waals surface area contributed by atoms with Gasteiger partial charge in [0.15, 0.2) is 0 Å². The van der Waals surface area contributed by atoms with Gasteiger partial charge in [0.25, 0.3) is 0 Å². The van der Waals surface area contributed by atoms with E-state index in [0.717, 1.165) is 23.8 Å². The second-order valence-electron chi connectivity index (χ2n) is 5.35. The normalized spacial score (nSPS) is 11.5. The van der Waals surface area contributed by atoms with E-state index in [0.29, 0.717) is 5.56 Å². The van der Waals surface area contributed by atoms with Gasteiger partial charge in [0.05, 0.1) is 10.6 Å². The lowest BCUT2D eigenvalue weighted by molar-refractivity contribution is -0.137. The Labute approximate surface area is 152 Å². The molecule has 0 bridgehead atoms. The number of nitrogens with two attached hydrogens (primary N) is 1. The highest BCUT2D eigenvalue weighted by Gasteiger charge is 2.33. The highest BCUT2D eigenvalue weighted by atomic mass is 35.5. The molecule has 0 aliphatic carbocycles. The molecule has 2 rings (SSSR count). The Balaban J connectivity index is 1.98. The van der Waals surface area contributed by atoms with Crippen molar-refractivity contribution in [2.45, 2.75) is 12.7 Å². The number of nitrogens with one attached hydrogen (secondary N) is 1. The van der Waals surface area contributed by atoms with E-state index in [4.69, 9.17) is 17.3 Å². The molecule has 136 valence electrons. The van der Waals surface area contributed by atoms with Crippen LogP contribution < -0.4 is 11.1 Å². The van der Waals surface area contributed by atoms with E-state index in [1.165, 1.54) is 24.3 Å². The summed E-state index contributed by atoms with van der Waals surface area (Å²) < 4.78 is 38.4. The number of rotatable bonds is 5. The first kappa shape index (κ1) is 19.5. The molecule has 0 spiro atoms. The van der Waals surface area contributed by atoms with Crippen molar-refractivity contribution in [1.29, 1.82) is 0 Å². The maximum absolute atomic E-state index is 12.8. The standard InChI is InChI=1S/C18H14ClF3N2O2/c19-15-7-3-11(9-14(15)18(20,21)22)4-8-16(25)24-10-12-1-5-13(6-2-12)17(23)26/h1-9H,10H2,(H2,23,26)(H,24,25)/b8-4+. The summed E-state index contributed by atoms with van der Waals surface area (Å²) in [6.45, 7) is 0.191. The van der Waals surface area contributed by atoms with Crippen LogP contribution in [0.4, 0.5) is 13.2 Å². The average Bonchev–Trinajstić information content (AvgIpc) is 2.58. The van der Waals surface area contributed by atoms with Crippen molar-refractivity contribution in [3.63, 3.8) is 0 Å². The van der Waals surface area contributed by atoms with Crippen LogP contribution in [0.15, 0.2) is 48.5 Å². The smallest absolute Gasteiger partial charge is 0.366 e. The van der Waals surface area contributed by atoms with Crippen LogP contribution in [0, 0.1) is 0 Å². The Bertz CT molecular complexity index is 847. The summed E-state index contributed by atoms with van der Waals surface area (Å²) in [5.41, 5.74) is 5.45. The monoisotopic (exact) mass is 382 g/mol. The topological polar surface area (TPSA) is 72.2 Å². The first-order valence-electron chi connectivity index (χ1n) is 7.38. The molecule has 8 heteroatoms. The number of amides is 2. The van der Waals surface area contributed by atoms with Gasteiger partial charge in [-0.15, -0.1) is 0 Å². The summed E-state index contributed by atoms with van der Waals surface area (Å²) in [7, 11) is 0. The molecule has 0 saturated heterocycles. The predicted molar refractivity (Wildman–Crippen MR) is 92.3 cm³/mol. The minimum Gasteiger partial charge on any atom is -0.366 e. The molecule has 0 atom stereocenters. The van der Waals surface area contributed by atoms with Gasteiger partial charge in [-0.05, 0) is 41.5 Å². The zero-order chi connectivity index (χ0) is 19.3. The van der Waals surface area contributed by atoms with Crippen LogP contribution in [0.5, 0.6) is 0 Å². The number of hydrogen-bond acceptors (Lipinski definition) is 2. The van der Waals surface area contributed by atoms with Gasteiger partial charge in [0, 0.05) is 18.2 Å². The first-order chi connectivity index (χ1) is 12.2. The number of alkyl halides is 3.